The Balaban J connectivity index is 1.70. The number of carboxylic acids is 1. The zero-order valence-corrected chi connectivity index (χ0v) is 14.3. The molecule has 24 heavy (non-hydrogen) atoms. The average Bonchev–Trinajstić information content (AvgIpc) is 2.57. The summed E-state index contributed by atoms with van der Waals surface area (Å²) in [5, 5.41) is 11.8. The fourth-order valence-corrected chi connectivity index (χ4v) is 2.97. The molecule has 5 nitrogen and oxygen atoms in total. The smallest absolute Gasteiger partial charge is 0.306 e. The van der Waals surface area contributed by atoms with Crippen LogP contribution in [0, 0.1) is 11.8 Å². The standard InChI is InChI=1S/C19H27NO4/c1-14(19(22)23)13-16-5-7-17(8-6-16)20-18(21)4-2-3-15-9-11-24-12-10-15/h5-8,14-15H,2-4,9-13H2,1H3,(H,20,21)(H,22,23). The number of amides is 1. The van der Waals surface area contributed by atoms with Crippen LogP contribution in [-0.4, -0.2) is 30.2 Å². The molecule has 1 aliphatic heterocycles. The predicted molar refractivity (Wildman–Crippen MR) is 93.0 cm³/mol. The Kier molecular flexibility index (Phi) is 7.25. The average molecular weight is 333 g/mol. The van der Waals surface area contributed by atoms with Gasteiger partial charge in [-0.25, -0.2) is 0 Å². The van der Waals surface area contributed by atoms with Crippen molar-refractivity contribution in [3.8, 4) is 0 Å². The maximum atomic E-state index is 12.0. The van der Waals surface area contributed by atoms with Crippen molar-refractivity contribution in [3.05, 3.63) is 29.8 Å². The summed E-state index contributed by atoms with van der Waals surface area (Å²) in [5.41, 5.74) is 1.72. The molecule has 2 N–H and O–H groups in total. The summed E-state index contributed by atoms with van der Waals surface area (Å²) >= 11 is 0. The van der Waals surface area contributed by atoms with Crippen LogP contribution in [0.15, 0.2) is 24.3 Å². The van der Waals surface area contributed by atoms with Gasteiger partial charge in [0.25, 0.3) is 0 Å². The Morgan fingerprint density at radius 2 is 1.92 bits per heavy atom. The van der Waals surface area contributed by atoms with E-state index in [1.54, 1.807) is 6.92 Å². The number of benzene rings is 1. The lowest BCUT2D eigenvalue weighted by Crippen LogP contribution is -2.17. The van der Waals surface area contributed by atoms with Crippen LogP contribution < -0.4 is 5.32 Å². The Morgan fingerprint density at radius 3 is 2.54 bits per heavy atom. The first kappa shape index (κ1) is 18.5. The van der Waals surface area contributed by atoms with Gasteiger partial charge in [0.1, 0.15) is 0 Å². The molecule has 132 valence electrons. The summed E-state index contributed by atoms with van der Waals surface area (Å²) in [4.78, 5) is 22.9. The minimum Gasteiger partial charge on any atom is -0.481 e. The van der Waals surface area contributed by atoms with Crippen molar-refractivity contribution < 1.29 is 19.4 Å². The highest BCUT2D eigenvalue weighted by atomic mass is 16.5. The van der Waals surface area contributed by atoms with Crippen molar-refractivity contribution in [2.24, 2.45) is 11.8 Å². The number of hydrogen-bond acceptors (Lipinski definition) is 3. The molecular weight excluding hydrogens is 306 g/mol. The van der Waals surface area contributed by atoms with Gasteiger partial charge in [-0.15, -0.1) is 0 Å². The van der Waals surface area contributed by atoms with Gasteiger partial charge >= 0.3 is 5.97 Å². The number of anilines is 1. The summed E-state index contributed by atoms with van der Waals surface area (Å²) in [6.45, 7) is 3.39. The van der Waals surface area contributed by atoms with Gasteiger partial charge in [0.2, 0.25) is 5.91 Å². The molecule has 1 aromatic rings. The molecule has 1 fully saturated rings. The molecule has 0 spiro atoms. The number of hydrogen-bond donors (Lipinski definition) is 2. The van der Waals surface area contributed by atoms with Gasteiger partial charge in [-0.1, -0.05) is 19.1 Å². The number of carbonyl (C=O) groups is 2. The van der Waals surface area contributed by atoms with E-state index < -0.39 is 11.9 Å². The Bertz CT molecular complexity index is 535. The van der Waals surface area contributed by atoms with Crippen molar-refractivity contribution in [2.75, 3.05) is 18.5 Å². The second kappa shape index (κ2) is 9.42. The first-order chi connectivity index (χ1) is 11.5. The molecule has 5 heteroatoms. The summed E-state index contributed by atoms with van der Waals surface area (Å²) < 4.78 is 5.34. The van der Waals surface area contributed by atoms with E-state index in [2.05, 4.69) is 5.32 Å². The van der Waals surface area contributed by atoms with Crippen molar-refractivity contribution in [3.63, 3.8) is 0 Å². The molecule has 0 aromatic heterocycles. The Labute approximate surface area is 143 Å². The highest BCUT2D eigenvalue weighted by Crippen LogP contribution is 2.21. The molecule has 1 aliphatic rings. The number of carbonyl (C=O) groups excluding carboxylic acids is 1. The van der Waals surface area contributed by atoms with Gasteiger partial charge in [-0.3, -0.25) is 9.59 Å². The van der Waals surface area contributed by atoms with Crippen LogP contribution in [0.4, 0.5) is 5.69 Å². The van der Waals surface area contributed by atoms with Crippen molar-refractivity contribution in [1.29, 1.82) is 0 Å². The molecule has 1 unspecified atom stereocenters. The van der Waals surface area contributed by atoms with Gasteiger partial charge in [0, 0.05) is 25.3 Å². The minimum absolute atomic E-state index is 0.0358. The lowest BCUT2D eigenvalue weighted by Gasteiger charge is -2.21. The lowest BCUT2D eigenvalue weighted by atomic mass is 9.94. The fourth-order valence-electron chi connectivity index (χ4n) is 2.97. The summed E-state index contributed by atoms with van der Waals surface area (Å²) in [5.74, 6) is -0.469. The first-order valence-corrected chi connectivity index (χ1v) is 8.74. The fraction of sp³-hybridized carbons (Fsp3) is 0.579. The number of aliphatic carboxylic acids is 1. The number of rotatable bonds is 8. The number of carboxylic acid groups (broad SMARTS) is 1. The van der Waals surface area contributed by atoms with Gasteiger partial charge in [-0.2, -0.15) is 0 Å². The zero-order chi connectivity index (χ0) is 17.4. The van der Waals surface area contributed by atoms with E-state index in [1.807, 2.05) is 24.3 Å². The molecule has 1 amide bonds. The monoisotopic (exact) mass is 333 g/mol. The molecule has 0 aliphatic carbocycles. The van der Waals surface area contributed by atoms with Gasteiger partial charge in [0.05, 0.1) is 5.92 Å². The predicted octanol–water partition coefficient (Wildman–Crippen LogP) is 3.49. The number of ether oxygens (including phenoxy) is 1. The molecule has 0 saturated carbocycles. The third-order valence-corrected chi connectivity index (χ3v) is 4.56. The van der Waals surface area contributed by atoms with Crippen LogP contribution in [-0.2, 0) is 20.7 Å². The van der Waals surface area contributed by atoms with Crippen molar-refractivity contribution >= 4 is 17.6 Å². The Hall–Kier alpha value is -1.88. The first-order valence-electron chi connectivity index (χ1n) is 8.74. The van der Waals surface area contributed by atoms with E-state index in [9.17, 15) is 9.59 Å². The molecule has 1 heterocycles. The quantitative estimate of drug-likeness (QED) is 0.763. The summed E-state index contributed by atoms with van der Waals surface area (Å²) in [6, 6.07) is 7.41. The lowest BCUT2D eigenvalue weighted by molar-refractivity contribution is -0.141. The van der Waals surface area contributed by atoms with Crippen LogP contribution >= 0.6 is 0 Å². The molecule has 2 rings (SSSR count). The largest absolute Gasteiger partial charge is 0.481 e. The summed E-state index contributed by atoms with van der Waals surface area (Å²) in [7, 11) is 0. The third-order valence-electron chi connectivity index (χ3n) is 4.56. The molecule has 1 aromatic carbocycles. The normalized spacial score (nSPS) is 16.5. The zero-order valence-electron chi connectivity index (χ0n) is 14.3. The van der Waals surface area contributed by atoms with Crippen LogP contribution in [0.25, 0.3) is 0 Å². The molecule has 0 radical (unpaired) electrons. The highest BCUT2D eigenvalue weighted by Gasteiger charge is 2.14. The van der Waals surface area contributed by atoms with Crippen LogP contribution in [0.3, 0.4) is 0 Å². The summed E-state index contributed by atoms with van der Waals surface area (Å²) in [6.07, 6.45) is 5.24. The molecular formula is C19H27NO4. The van der Waals surface area contributed by atoms with Crippen molar-refractivity contribution in [2.45, 2.75) is 45.4 Å². The molecule has 0 bridgehead atoms. The maximum absolute atomic E-state index is 12.0. The van der Waals surface area contributed by atoms with Gasteiger partial charge in [0.15, 0.2) is 0 Å². The van der Waals surface area contributed by atoms with Gasteiger partial charge in [-0.05, 0) is 55.7 Å². The maximum Gasteiger partial charge on any atom is 0.306 e. The van der Waals surface area contributed by atoms with E-state index in [0.717, 1.165) is 50.1 Å². The highest BCUT2D eigenvalue weighted by molar-refractivity contribution is 5.90. The van der Waals surface area contributed by atoms with E-state index in [4.69, 9.17) is 9.84 Å². The van der Waals surface area contributed by atoms with E-state index in [-0.39, 0.29) is 5.91 Å². The second-order valence-corrected chi connectivity index (χ2v) is 6.64. The van der Waals surface area contributed by atoms with E-state index in [1.165, 1.54) is 0 Å². The second-order valence-electron chi connectivity index (χ2n) is 6.64. The Morgan fingerprint density at radius 1 is 1.25 bits per heavy atom. The number of nitrogens with one attached hydrogen (secondary N) is 1. The molecule has 1 atom stereocenters. The van der Waals surface area contributed by atoms with E-state index >= 15 is 0 Å². The minimum atomic E-state index is -0.795. The topological polar surface area (TPSA) is 75.6 Å². The van der Waals surface area contributed by atoms with Crippen LogP contribution in [0.5, 0.6) is 0 Å². The van der Waals surface area contributed by atoms with Crippen LogP contribution in [0.1, 0.15) is 44.6 Å². The van der Waals surface area contributed by atoms with Crippen LogP contribution in [0.2, 0.25) is 0 Å². The molecule has 1 saturated heterocycles. The van der Waals surface area contributed by atoms with Crippen molar-refractivity contribution in [1.82, 2.24) is 0 Å². The third kappa shape index (κ3) is 6.32. The van der Waals surface area contributed by atoms with Gasteiger partial charge < -0.3 is 15.2 Å². The SMILES string of the molecule is CC(Cc1ccc(NC(=O)CCCC2CCOCC2)cc1)C(=O)O. The van der Waals surface area contributed by atoms with E-state index in [0.29, 0.717) is 18.8 Å².